The van der Waals surface area contributed by atoms with Crippen LogP contribution in [0.1, 0.15) is 54.3 Å². The molecule has 1 spiro atoms. The van der Waals surface area contributed by atoms with Gasteiger partial charge in [0.05, 0.1) is 16.4 Å². The number of hydrogen-bond donors (Lipinski definition) is 1. The van der Waals surface area contributed by atoms with E-state index in [0.717, 1.165) is 36.9 Å². The molecular weight excluding hydrogens is 418 g/mol. The number of carbonyl (C=O) groups is 2. The number of piperidine rings is 1. The number of likely N-dealkylation sites (tertiary alicyclic amines) is 1. The van der Waals surface area contributed by atoms with E-state index < -0.39 is 5.41 Å². The van der Waals surface area contributed by atoms with Crippen LogP contribution < -0.4 is 10.2 Å². The summed E-state index contributed by atoms with van der Waals surface area (Å²) in [6, 6.07) is 7.91. The highest BCUT2D eigenvalue weighted by atomic mass is 16.3. The fraction of sp³-hybridized carbons (Fsp3) is 0.440. The SMILES string of the molecule is Cc1oc2ncnc(NC3(C)CC3)c2c1C(=O)N1CCCC2(C1)C(=O)N(C)c1ccccc12. The largest absolute Gasteiger partial charge is 0.442 e. The van der Waals surface area contributed by atoms with Crippen LogP contribution in [0, 0.1) is 6.92 Å². The molecule has 1 aliphatic carbocycles. The predicted octanol–water partition coefficient (Wildman–Crippen LogP) is 3.65. The first-order chi connectivity index (χ1) is 15.8. The third kappa shape index (κ3) is 2.89. The summed E-state index contributed by atoms with van der Waals surface area (Å²) in [7, 11) is 1.82. The average Bonchev–Trinajstić information content (AvgIpc) is 3.39. The summed E-state index contributed by atoms with van der Waals surface area (Å²) < 4.78 is 5.88. The van der Waals surface area contributed by atoms with Gasteiger partial charge in [-0.2, -0.15) is 0 Å². The van der Waals surface area contributed by atoms with Gasteiger partial charge >= 0.3 is 0 Å². The number of nitrogens with zero attached hydrogens (tertiary/aromatic N) is 4. The highest BCUT2D eigenvalue weighted by Gasteiger charge is 2.52. The van der Waals surface area contributed by atoms with Gasteiger partial charge in [-0.05, 0) is 51.2 Å². The Bertz CT molecular complexity index is 1310. The van der Waals surface area contributed by atoms with Crippen molar-refractivity contribution in [2.75, 3.05) is 30.4 Å². The number of carbonyl (C=O) groups excluding carboxylic acids is 2. The molecule has 6 rings (SSSR count). The van der Waals surface area contributed by atoms with Gasteiger partial charge < -0.3 is 19.5 Å². The third-order valence-corrected chi connectivity index (χ3v) is 7.57. The van der Waals surface area contributed by atoms with E-state index in [1.54, 1.807) is 11.8 Å². The molecule has 1 atom stereocenters. The maximum absolute atomic E-state index is 13.9. The molecule has 0 bridgehead atoms. The Kier molecular flexibility index (Phi) is 4.16. The van der Waals surface area contributed by atoms with Gasteiger partial charge in [0, 0.05) is 31.4 Å². The van der Waals surface area contributed by atoms with E-state index in [4.69, 9.17) is 4.42 Å². The highest BCUT2D eigenvalue weighted by Crippen LogP contribution is 2.47. The van der Waals surface area contributed by atoms with E-state index in [0.29, 0.717) is 41.3 Å². The van der Waals surface area contributed by atoms with Gasteiger partial charge in [0.15, 0.2) is 0 Å². The molecule has 2 fully saturated rings. The zero-order valence-corrected chi connectivity index (χ0v) is 19.1. The van der Waals surface area contributed by atoms with Crippen LogP contribution in [0.3, 0.4) is 0 Å². The summed E-state index contributed by atoms with van der Waals surface area (Å²) in [5, 5.41) is 4.11. The van der Waals surface area contributed by atoms with Crippen LogP contribution in [0.25, 0.3) is 11.1 Å². The summed E-state index contributed by atoms with van der Waals surface area (Å²) in [4.78, 5) is 39.6. The van der Waals surface area contributed by atoms with Crippen molar-refractivity contribution in [2.24, 2.45) is 0 Å². The minimum Gasteiger partial charge on any atom is -0.442 e. The smallest absolute Gasteiger partial charge is 0.258 e. The van der Waals surface area contributed by atoms with E-state index in [1.807, 2.05) is 36.2 Å². The van der Waals surface area contributed by atoms with Crippen molar-refractivity contribution in [3.8, 4) is 0 Å². The molecule has 1 unspecified atom stereocenters. The van der Waals surface area contributed by atoms with Crippen molar-refractivity contribution < 1.29 is 14.0 Å². The molecule has 1 N–H and O–H groups in total. The Morgan fingerprint density at radius 1 is 1.18 bits per heavy atom. The molecule has 0 radical (unpaired) electrons. The third-order valence-electron chi connectivity index (χ3n) is 7.57. The molecule has 1 aromatic carbocycles. The lowest BCUT2D eigenvalue weighted by Crippen LogP contribution is -2.53. The van der Waals surface area contributed by atoms with Crippen LogP contribution in [-0.2, 0) is 10.2 Å². The van der Waals surface area contributed by atoms with Gasteiger partial charge in [-0.1, -0.05) is 18.2 Å². The number of fused-ring (bicyclic) bond motifs is 3. The van der Waals surface area contributed by atoms with Crippen LogP contribution in [0.4, 0.5) is 11.5 Å². The predicted molar refractivity (Wildman–Crippen MR) is 124 cm³/mol. The summed E-state index contributed by atoms with van der Waals surface area (Å²) >= 11 is 0. The van der Waals surface area contributed by atoms with Gasteiger partial charge in [0.25, 0.3) is 5.91 Å². The standard InChI is InChI=1S/C25H27N5O3/c1-15-18(19-20(28-24(2)10-11-24)26-14-27-21(19)33-15)22(31)30-12-6-9-25(13-30)16-7-4-5-8-17(16)29(3)23(25)32/h4-5,7-8,14H,6,9-13H2,1-3H3,(H,26,27,28). The van der Waals surface area contributed by atoms with E-state index in [9.17, 15) is 9.59 Å². The molecule has 8 heteroatoms. The fourth-order valence-electron chi connectivity index (χ4n) is 5.49. The fourth-order valence-corrected chi connectivity index (χ4v) is 5.49. The minimum atomic E-state index is -0.703. The molecule has 1 saturated heterocycles. The second-order valence-electron chi connectivity index (χ2n) is 9.92. The molecule has 2 aromatic heterocycles. The van der Waals surface area contributed by atoms with Crippen LogP contribution in [0.5, 0.6) is 0 Å². The van der Waals surface area contributed by atoms with Crippen LogP contribution in [0.2, 0.25) is 0 Å². The molecule has 4 heterocycles. The molecule has 3 aromatic rings. The van der Waals surface area contributed by atoms with Gasteiger partial charge in [-0.15, -0.1) is 0 Å². The lowest BCUT2D eigenvalue weighted by Gasteiger charge is -2.39. The average molecular weight is 446 g/mol. The Hall–Kier alpha value is -3.42. The summed E-state index contributed by atoms with van der Waals surface area (Å²) in [5.74, 6) is 1.08. The summed E-state index contributed by atoms with van der Waals surface area (Å²) in [5.41, 5.74) is 2.13. The van der Waals surface area contributed by atoms with Crippen molar-refractivity contribution in [1.82, 2.24) is 14.9 Å². The van der Waals surface area contributed by atoms with Crippen molar-refractivity contribution >= 4 is 34.4 Å². The van der Waals surface area contributed by atoms with E-state index in [1.165, 1.54) is 6.33 Å². The number of para-hydroxylation sites is 1. The number of hydrogen-bond acceptors (Lipinski definition) is 6. The second kappa shape index (κ2) is 6.79. The number of aryl methyl sites for hydroxylation is 1. The van der Waals surface area contributed by atoms with Crippen LogP contribution in [-0.4, -0.2) is 52.4 Å². The number of rotatable bonds is 3. The molecule has 3 aliphatic rings. The Morgan fingerprint density at radius 3 is 2.76 bits per heavy atom. The van der Waals surface area contributed by atoms with E-state index in [-0.39, 0.29) is 17.4 Å². The van der Waals surface area contributed by atoms with E-state index >= 15 is 0 Å². The quantitative estimate of drug-likeness (QED) is 0.662. The molecule has 1 saturated carbocycles. The van der Waals surface area contributed by atoms with Crippen molar-refractivity contribution in [2.45, 2.75) is 50.5 Å². The first-order valence-electron chi connectivity index (χ1n) is 11.5. The highest BCUT2D eigenvalue weighted by molar-refractivity contribution is 6.11. The lowest BCUT2D eigenvalue weighted by molar-refractivity contribution is -0.124. The first-order valence-corrected chi connectivity index (χ1v) is 11.5. The monoisotopic (exact) mass is 445 g/mol. The van der Waals surface area contributed by atoms with Gasteiger partial charge in [-0.25, -0.2) is 9.97 Å². The lowest BCUT2D eigenvalue weighted by atomic mass is 9.75. The molecular formula is C25H27N5O3. The molecule has 33 heavy (non-hydrogen) atoms. The maximum Gasteiger partial charge on any atom is 0.258 e. The first kappa shape index (κ1) is 20.2. The zero-order chi connectivity index (χ0) is 23.0. The Balaban J connectivity index is 1.40. The zero-order valence-electron chi connectivity index (χ0n) is 19.1. The van der Waals surface area contributed by atoms with Crippen molar-refractivity contribution in [3.63, 3.8) is 0 Å². The van der Waals surface area contributed by atoms with Crippen LogP contribution >= 0.6 is 0 Å². The van der Waals surface area contributed by atoms with E-state index in [2.05, 4.69) is 22.2 Å². The number of benzene rings is 1. The maximum atomic E-state index is 13.9. The number of nitrogens with one attached hydrogen (secondary N) is 1. The topological polar surface area (TPSA) is 91.6 Å². The van der Waals surface area contributed by atoms with Gasteiger partial charge in [0.2, 0.25) is 11.6 Å². The summed E-state index contributed by atoms with van der Waals surface area (Å²) in [6.07, 6.45) is 5.07. The molecule has 2 amide bonds. The number of furan rings is 1. The number of likely N-dealkylation sites (N-methyl/N-ethyl adjacent to an activating group) is 1. The number of amides is 2. The van der Waals surface area contributed by atoms with Gasteiger partial charge in [0.1, 0.15) is 17.9 Å². The molecule has 170 valence electrons. The molecule has 2 aliphatic heterocycles. The minimum absolute atomic E-state index is 0.00742. The Labute approximate surface area is 192 Å². The number of anilines is 2. The van der Waals surface area contributed by atoms with Gasteiger partial charge in [-0.3, -0.25) is 9.59 Å². The summed E-state index contributed by atoms with van der Waals surface area (Å²) in [6.45, 7) is 4.89. The number of aromatic nitrogens is 2. The van der Waals surface area contributed by atoms with Crippen molar-refractivity contribution in [1.29, 1.82) is 0 Å². The van der Waals surface area contributed by atoms with Crippen LogP contribution in [0.15, 0.2) is 35.0 Å². The Morgan fingerprint density at radius 2 is 1.97 bits per heavy atom. The molecule has 8 nitrogen and oxygen atoms in total. The second-order valence-corrected chi connectivity index (χ2v) is 9.92. The normalized spacial score (nSPS) is 23.3. The van der Waals surface area contributed by atoms with Crippen molar-refractivity contribution in [3.05, 3.63) is 47.5 Å².